The van der Waals surface area contributed by atoms with E-state index in [1.165, 1.54) is 5.57 Å². The van der Waals surface area contributed by atoms with Gasteiger partial charge in [0.2, 0.25) is 0 Å². The molecule has 0 bridgehead atoms. The Bertz CT molecular complexity index is 281. The summed E-state index contributed by atoms with van der Waals surface area (Å²) in [5, 5.41) is 0. The van der Waals surface area contributed by atoms with Gasteiger partial charge in [-0.15, -0.1) is 0 Å². The van der Waals surface area contributed by atoms with Crippen molar-refractivity contribution in [1.82, 2.24) is 0 Å². The smallest absolute Gasteiger partial charge is 0.163 e. The average molecular weight is 178 g/mol. The van der Waals surface area contributed by atoms with Gasteiger partial charge in [-0.2, -0.15) is 0 Å². The van der Waals surface area contributed by atoms with Crippen LogP contribution in [0.25, 0.3) is 0 Å². The molecule has 0 aliphatic heterocycles. The zero-order valence-corrected chi connectivity index (χ0v) is 8.98. The average Bonchev–Trinajstić information content (AvgIpc) is 1.78. The van der Waals surface area contributed by atoms with Gasteiger partial charge >= 0.3 is 0 Å². The van der Waals surface area contributed by atoms with E-state index in [0.717, 1.165) is 12.0 Å². The van der Waals surface area contributed by atoms with Gasteiger partial charge in [-0.05, 0) is 31.8 Å². The molecule has 0 heterocycles. The third kappa shape index (κ3) is 1.90. The zero-order valence-electron chi connectivity index (χ0n) is 8.98. The second kappa shape index (κ2) is 3.13. The maximum Gasteiger partial charge on any atom is 0.163 e. The third-order valence-electron chi connectivity index (χ3n) is 2.68. The molecule has 72 valence electrons. The van der Waals surface area contributed by atoms with Gasteiger partial charge in [0.05, 0.1) is 0 Å². The van der Waals surface area contributed by atoms with E-state index in [2.05, 4.69) is 20.4 Å². The highest BCUT2D eigenvalue weighted by molar-refractivity contribution is 5.95. The van der Waals surface area contributed by atoms with Gasteiger partial charge in [-0.25, -0.2) is 0 Å². The lowest BCUT2D eigenvalue weighted by atomic mass is 9.66. The number of rotatable bonds is 1. The van der Waals surface area contributed by atoms with Crippen LogP contribution >= 0.6 is 0 Å². The van der Waals surface area contributed by atoms with E-state index < -0.39 is 0 Å². The summed E-state index contributed by atoms with van der Waals surface area (Å²) in [6, 6.07) is 0. The van der Waals surface area contributed by atoms with Crippen molar-refractivity contribution < 1.29 is 4.79 Å². The van der Waals surface area contributed by atoms with Crippen LogP contribution in [-0.2, 0) is 4.79 Å². The molecule has 1 heteroatoms. The molecule has 1 nitrogen and oxygen atoms in total. The molecule has 0 N–H and O–H groups in total. The van der Waals surface area contributed by atoms with Crippen molar-refractivity contribution in [3.05, 3.63) is 23.8 Å². The lowest BCUT2D eigenvalue weighted by molar-refractivity contribution is -0.120. The number of carbonyl (C=O) groups is 1. The third-order valence-corrected chi connectivity index (χ3v) is 2.68. The minimum absolute atomic E-state index is 0.0104. The predicted octanol–water partition coefficient (Wildman–Crippen LogP) is 3.12. The van der Waals surface area contributed by atoms with Crippen molar-refractivity contribution in [3.8, 4) is 0 Å². The van der Waals surface area contributed by atoms with E-state index in [4.69, 9.17) is 0 Å². The fourth-order valence-electron chi connectivity index (χ4n) is 2.49. The van der Waals surface area contributed by atoms with Gasteiger partial charge in [0.25, 0.3) is 0 Å². The van der Waals surface area contributed by atoms with Crippen LogP contribution in [0.2, 0.25) is 0 Å². The van der Waals surface area contributed by atoms with Crippen LogP contribution in [0.4, 0.5) is 0 Å². The van der Waals surface area contributed by atoms with Crippen molar-refractivity contribution in [3.63, 3.8) is 0 Å². The van der Waals surface area contributed by atoms with Crippen molar-refractivity contribution in [2.75, 3.05) is 0 Å². The highest BCUT2D eigenvalue weighted by Crippen LogP contribution is 2.41. The van der Waals surface area contributed by atoms with E-state index in [1.54, 1.807) is 6.08 Å². The molecule has 0 saturated heterocycles. The summed E-state index contributed by atoms with van der Waals surface area (Å²) < 4.78 is 0. The Labute approximate surface area is 80.5 Å². The summed E-state index contributed by atoms with van der Waals surface area (Å²) >= 11 is 0. The Kier molecular flexibility index (Phi) is 2.47. The topological polar surface area (TPSA) is 17.1 Å². The second-order valence-corrected chi connectivity index (χ2v) is 4.84. The number of carbonyl (C=O) groups excluding carboxylic acids is 1. The molecule has 1 aliphatic carbocycles. The van der Waals surface area contributed by atoms with E-state index in [0.29, 0.717) is 0 Å². The SMILES string of the molecule is C=C(C)C1C(=O)C=C(C)CC1(C)C. The summed E-state index contributed by atoms with van der Waals surface area (Å²) in [5.74, 6) is 0.234. The first kappa shape index (κ1) is 10.2. The molecule has 0 aromatic heterocycles. The van der Waals surface area contributed by atoms with Crippen molar-refractivity contribution in [1.29, 1.82) is 0 Å². The van der Waals surface area contributed by atoms with Crippen LogP contribution in [-0.4, -0.2) is 5.78 Å². The van der Waals surface area contributed by atoms with Gasteiger partial charge in [-0.3, -0.25) is 4.79 Å². The molecule has 0 aromatic rings. The first-order valence-electron chi connectivity index (χ1n) is 4.71. The van der Waals surface area contributed by atoms with E-state index in [1.807, 2.05) is 13.8 Å². The van der Waals surface area contributed by atoms with E-state index in [9.17, 15) is 4.79 Å². The summed E-state index contributed by atoms with van der Waals surface area (Å²) in [4.78, 5) is 11.7. The minimum atomic E-state index is 0.0104. The number of hydrogen-bond donors (Lipinski definition) is 0. The van der Waals surface area contributed by atoms with Crippen LogP contribution in [0.15, 0.2) is 23.8 Å². The Morgan fingerprint density at radius 1 is 1.62 bits per heavy atom. The molecule has 0 saturated carbocycles. The molecule has 0 spiro atoms. The summed E-state index contributed by atoms with van der Waals surface area (Å²) in [6.45, 7) is 12.1. The summed E-state index contributed by atoms with van der Waals surface area (Å²) in [7, 11) is 0. The Morgan fingerprint density at radius 3 is 2.54 bits per heavy atom. The lowest BCUT2D eigenvalue weighted by Gasteiger charge is -2.36. The van der Waals surface area contributed by atoms with E-state index in [-0.39, 0.29) is 17.1 Å². The van der Waals surface area contributed by atoms with Crippen LogP contribution in [0, 0.1) is 11.3 Å². The van der Waals surface area contributed by atoms with Gasteiger partial charge in [-0.1, -0.05) is 31.6 Å². The van der Waals surface area contributed by atoms with Crippen molar-refractivity contribution in [2.45, 2.75) is 34.1 Å². The fourth-order valence-corrected chi connectivity index (χ4v) is 2.49. The van der Waals surface area contributed by atoms with Crippen LogP contribution in [0.3, 0.4) is 0 Å². The molecule has 0 radical (unpaired) electrons. The molecule has 13 heavy (non-hydrogen) atoms. The molecule has 0 amide bonds. The molecule has 1 aliphatic rings. The molecule has 1 unspecified atom stereocenters. The Balaban J connectivity index is 3.08. The van der Waals surface area contributed by atoms with Crippen LogP contribution < -0.4 is 0 Å². The molecule has 0 aromatic carbocycles. The molecule has 1 atom stereocenters. The standard InChI is InChI=1S/C12H18O/c1-8(2)11-10(13)6-9(3)7-12(11,4)5/h6,11H,1,7H2,2-5H3. The molecule has 0 fully saturated rings. The first-order valence-corrected chi connectivity index (χ1v) is 4.71. The van der Waals surface area contributed by atoms with Gasteiger partial charge in [0.1, 0.15) is 0 Å². The molecular formula is C12H18O. The Hall–Kier alpha value is -0.850. The summed E-state index contributed by atoms with van der Waals surface area (Å²) in [6.07, 6.45) is 2.76. The highest BCUT2D eigenvalue weighted by Gasteiger charge is 2.37. The maximum atomic E-state index is 11.7. The monoisotopic (exact) mass is 178 g/mol. The fraction of sp³-hybridized carbons (Fsp3) is 0.583. The zero-order chi connectivity index (χ0) is 10.2. The van der Waals surface area contributed by atoms with Crippen LogP contribution in [0.5, 0.6) is 0 Å². The minimum Gasteiger partial charge on any atom is -0.294 e. The number of hydrogen-bond acceptors (Lipinski definition) is 1. The van der Waals surface area contributed by atoms with Gasteiger partial charge < -0.3 is 0 Å². The van der Waals surface area contributed by atoms with Crippen molar-refractivity contribution in [2.24, 2.45) is 11.3 Å². The molecule has 1 rings (SSSR count). The molecular weight excluding hydrogens is 160 g/mol. The van der Waals surface area contributed by atoms with Crippen LogP contribution in [0.1, 0.15) is 34.1 Å². The maximum absolute atomic E-state index is 11.7. The van der Waals surface area contributed by atoms with Gasteiger partial charge in [0, 0.05) is 5.92 Å². The Morgan fingerprint density at radius 2 is 2.15 bits per heavy atom. The first-order chi connectivity index (χ1) is 5.84. The predicted molar refractivity (Wildman–Crippen MR) is 55.5 cm³/mol. The lowest BCUT2D eigenvalue weighted by Crippen LogP contribution is -2.34. The quantitative estimate of drug-likeness (QED) is 0.564. The number of allylic oxidation sites excluding steroid dienone is 3. The summed E-state index contributed by atoms with van der Waals surface area (Å²) in [5.41, 5.74) is 2.22. The van der Waals surface area contributed by atoms with Crippen molar-refractivity contribution >= 4 is 5.78 Å². The number of ketones is 1. The van der Waals surface area contributed by atoms with E-state index >= 15 is 0 Å². The van der Waals surface area contributed by atoms with Gasteiger partial charge in [0.15, 0.2) is 5.78 Å². The second-order valence-electron chi connectivity index (χ2n) is 4.84. The normalized spacial score (nSPS) is 26.9. The highest BCUT2D eigenvalue weighted by atomic mass is 16.1. The largest absolute Gasteiger partial charge is 0.294 e.